The third-order valence-electron chi connectivity index (χ3n) is 10.1. The number of thiophene rings is 1. The Morgan fingerprint density at radius 3 is 1.94 bits per heavy atom. The standard InChI is InChI=1S/C47H27N3OS/c1-2-11-30(12-3-1)45-48-46(36-16-8-14-29-22-24-35-34-15-6-7-19-41(34)52-44(35)42(29)36)50-47(49-45)37-17-9-18-40-43(37)38-27-33(23-25-39(38)51-40)32-21-20-28-10-4-5-13-31(28)26-32/h1-27H. The Balaban J connectivity index is 1.16. The number of nitrogens with zero attached hydrogens (tertiary/aromatic N) is 3. The zero-order valence-corrected chi connectivity index (χ0v) is 28.6. The first kappa shape index (κ1) is 29.1. The minimum Gasteiger partial charge on any atom is -0.456 e. The van der Waals surface area contributed by atoms with Gasteiger partial charge >= 0.3 is 0 Å². The minimum absolute atomic E-state index is 0.605. The Morgan fingerprint density at radius 2 is 1.06 bits per heavy atom. The summed E-state index contributed by atoms with van der Waals surface area (Å²) in [6.07, 6.45) is 0. The van der Waals surface area contributed by atoms with Crippen molar-refractivity contribution >= 4 is 75.0 Å². The molecule has 0 radical (unpaired) electrons. The molecule has 8 aromatic carbocycles. The summed E-state index contributed by atoms with van der Waals surface area (Å²) in [5.41, 5.74) is 6.72. The van der Waals surface area contributed by atoms with Gasteiger partial charge in [0.15, 0.2) is 17.5 Å². The number of aromatic nitrogens is 3. The fraction of sp³-hybridized carbons (Fsp3) is 0. The monoisotopic (exact) mass is 681 g/mol. The fourth-order valence-electron chi connectivity index (χ4n) is 7.63. The average molecular weight is 682 g/mol. The molecule has 0 unspecified atom stereocenters. The predicted octanol–water partition coefficient (Wildman–Crippen LogP) is 13.1. The molecule has 0 aliphatic rings. The maximum atomic E-state index is 6.47. The average Bonchev–Trinajstić information content (AvgIpc) is 3.79. The van der Waals surface area contributed by atoms with Crippen molar-refractivity contribution in [3.05, 3.63) is 164 Å². The number of benzene rings is 8. The Kier molecular flexibility index (Phi) is 6.39. The number of rotatable bonds is 4. The highest BCUT2D eigenvalue weighted by molar-refractivity contribution is 7.26. The molecule has 4 nitrogen and oxygen atoms in total. The summed E-state index contributed by atoms with van der Waals surface area (Å²) < 4.78 is 8.97. The molecule has 0 fully saturated rings. The Hall–Kier alpha value is -6.69. The summed E-state index contributed by atoms with van der Waals surface area (Å²) in [6, 6.07) is 57.4. The van der Waals surface area contributed by atoms with Gasteiger partial charge in [-0.25, -0.2) is 15.0 Å². The Labute approximate surface area is 302 Å². The molecule has 3 heterocycles. The fourth-order valence-corrected chi connectivity index (χ4v) is 8.91. The first-order chi connectivity index (χ1) is 25.7. The number of hydrogen-bond acceptors (Lipinski definition) is 5. The van der Waals surface area contributed by atoms with Crippen molar-refractivity contribution in [2.75, 3.05) is 0 Å². The van der Waals surface area contributed by atoms with Crippen LogP contribution in [0.2, 0.25) is 0 Å². The van der Waals surface area contributed by atoms with Crippen molar-refractivity contribution in [3.8, 4) is 45.3 Å². The summed E-state index contributed by atoms with van der Waals surface area (Å²) in [7, 11) is 0. The lowest BCUT2D eigenvalue weighted by Crippen LogP contribution is -2.00. The lowest BCUT2D eigenvalue weighted by molar-refractivity contribution is 0.669. The third-order valence-corrected chi connectivity index (χ3v) is 11.3. The van der Waals surface area contributed by atoms with Crippen LogP contribution in [-0.2, 0) is 0 Å². The normalized spacial score (nSPS) is 11.8. The molecular formula is C47H27N3OS. The number of furan rings is 1. The molecule has 0 N–H and O–H groups in total. The van der Waals surface area contributed by atoms with Crippen molar-refractivity contribution in [2.45, 2.75) is 0 Å². The van der Waals surface area contributed by atoms with Crippen molar-refractivity contribution in [1.29, 1.82) is 0 Å². The van der Waals surface area contributed by atoms with Crippen molar-refractivity contribution < 1.29 is 4.42 Å². The van der Waals surface area contributed by atoms with Gasteiger partial charge in [0.05, 0.1) is 0 Å². The van der Waals surface area contributed by atoms with E-state index < -0.39 is 0 Å². The van der Waals surface area contributed by atoms with Crippen LogP contribution in [0, 0.1) is 0 Å². The molecule has 11 rings (SSSR count). The van der Waals surface area contributed by atoms with Crippen LogP contribution in [0.1, 0.15) is 0 Å². The maximum Gasteiger partial charge on any atom is 0.164 e. The van der Waals surface area contributed by atoms with Gasteiger partial charge in [-0.2, -0.15) is 0 Å². The van der Waals surface area contributed by atoms with Crippen LogP contribution < -0.4 is 0 Å². The van der Waals surface area contributed by atoms with Crippen LogP contribution in [0.4, 0.5) is 0 Å². The topological polar surface area (TPSA) is 51.8 Å². The van der Waals surface area contributed by atoms with E-state index in [0.29, 0.717) is 17.5 Å². The molecule has 0 atom stereocenters. The molecule has 0 aliphatic carbocycles. The van der Waals surface area contributed by atoms with E-state index in [0.717, 1.165) is 60.5 Å². The van der Waals surface area contributed by atoms with E-state index in [1.807, 2.05) is 41.7 Å². The zero-order valence-electron chi connectivity index (χ0n) is 27.7. The molecule has 0 spiro atoms. The third kappa shape index (κ3) is 4.57. The summed E-state index contributed by atoms with van der Waals surface area (Å²) in [4.78, 5) is 15.6. The molecule has 52 heavy (non-hydrogen) atoms. The molecule has 0 bridgehead atoms. The first-order valence-corrected chi connectivity index (χ1v) is 18.2. The Morgan fingerprint density at radius 1 is 0.385 bits per heavy atom. The van der Waals surface area contributed by atoms with E-state index in [-0.39, 0.29) is 0 Å². The second-order valence-electron chi connectivity index (χ2n) is 13.2. The predicted molar refractivity (Wildman–Crippen MR) is 217 cm³/mol. The van der Waals surface area contributed by atoms with E-state index in [2.05, 4.69) is 133 Å². The summed E-state index contributed by atoms with van der Waals surface area (Å²) in [5.74, 6) is 1.87. The van der Waals surface area contributed by atoms with Crippen LogP contribution in [-0.4, -0.2) is 15.0 Å². The van der Waals surface area contributed by atoms with Gasteiger partial charge in [-0.3, -0.25) is 0 Å². The number of hydrogen-bond donors (Lipinski definition) is 0. The van der Waals surface area contributed by atoms with Crippen molar-refractivity contribution in [1.82, 2.24) is 15.0 Å². The van der Waals surface area contributed by atoms with Crippen LogP contribution in [0.3, 0.4) is 0 Å². The molecular weight excluding hydrogens is 655 g/mol. The second kappa shape index (κ2) is 11.4. The van der Waals surface area contributed by atoms with E-state index in [4.69, 9.17) is 19.4 Å². The molecule has 3 aromatic heterocycles. The highest BCUT2D eigenvalue weighted by Gasteiger charge is 2.20. The van der Waals surface area contributed by atoms with Gasteiger partial charge in [0.25, 0.3) is 0 Å². The van der Waals surface area contributed by atoms with Gasteiger partial charge in [-0.15, -0.1) is 11.3 Å². The smallest absolute Gasteiger partial charge is 0.164 e. The highest BCUT2D eigenvalue weighted by Crippen LogP contribution is 2.43. The maximum absolute atomic E-state index is 6.47. The Bertz CT molecular complexity index is 3200. The van der Waals surface area contributed by atoms with Crippen LogP contribution in [0.25, 0.3) is 109 Å². The molecule has 242 valence electrons. The largest absolute Gasteiger partial charge is 0.456 e. The van der Waals surface area contributed by atoms with Gasteiger partial charge in [-0.05, 0) is 57.6 Å². The molecule has 0 aliphatic heterocycles. The highest BCUT2D eigenvalue weighted by atomic mass is 32.1. The van der Waals surface area contributed by atoms with Crippen LogP contribution in [0.15, 0.2) is 168 Å². The first-order valence-electron chi connectivity index (χ1n) is 17.3. The zero-order chi connectivity index (χ0) is 34.2. The summed E-state index contributed by atoms with van der Waals surface area (Å²) in [5, 5.41) is 9.27. The van der Waals surface area contributed by atoms with Gasteiger partial charge in [0.1, 0.15) is 11.2 Å². The van der Waals surface area contributed by atoms with Crippen LogP contribution >= 0.6 is 11.3 Å². The second-order valence-corrected chi connectivity index (χ2v) is 14.2. The van der Waals surface area contributed by atoms with E-state index in [9.17, 15) is 0 Å². The molecule has 0 saturated carbocycles. The van der Waals surface area contributed by atoms with Gasteiger partial charge in [-0.1, -0.05) is 133 Å². The lowest BCUT2D eigenvalue weighted by Gasteiger charge is -2.11. The van der Waals surface area contributed by atoms with Crippen LogP contribution in [0.5, 0.6) is 0 Å². The van der Waals surface area contributed by atoms with E-state index >= 15 is 0 Å². The lowest BCUT2D eigenvalue weighted by atomic mass is 9.98. The van der Waals surface area contributed by atoms with Crippen molar-refractivity contribution in [3.63, 3.8) is 0 Å². The molecule has 0 amide bonds. The van der Waals surface area contributed by atoms with Gasteiger partial charge in [0, 0.05) is 53.0 Å². The molecule has 11 aromatic rings. The van der Waals surface area contributed by atoms with Crippen molar-refractivity contribution in [2.24, 2.45) is 0 Å². The molecule has 5 heteroatoms. The van der Waals surface area contributed by atoms with E-state index in [1.165, 1.54) is 30.9 Å². The molecule has 0 saturated heterocycles. The van der Waals surface area contributed by atoms with Gasteiger partial charge in [0.2, 0.25) is 0 Å². The SMILES string of the molecule is c1ccc(-c2nc(-c3cccc4oc5ccc(-c6ccc7ccccc7c6)cc5c34)nc(-c3cccc4ccc5c6ccccc6sc5c34)n2)cc1. The quantitative estimate of drug-likeness (QED) is 0.185. The number of fused-ring (bicyclic) bond motifs is 9. The van der Waals surface area contributed by atoms with Gasteiger partial charge < -0.3 is 4.42 Å². The van der Waals surface area contributed by atoms with E-state index in [1.54, 1.807) is 0 Å². The minimum atomic E-state index is 0.605. The summed E-state index contributed by atoms with van der Waals surface area (Å²) >= 11 is 1.82. The summed E-state index contributed by atoms with van der Waals surface area (Å²) in [6.45, 7) is 0.